The number of nitrogens with one attached hydrogen (secondary N) is 1. The van der Waals surface area contributed by atoms with E-state index in [0.717, 1.165) is 44.2 Å². The molecule has 20 aromatic carbocycles. The van der Waals surface area contributed by atoms with E-state index >= 15 is 0 Å². The molecule has 4 nitrogen and oxygen atoms in total. The van der Waals surface area contributed by atoms with Gasteiger partial charge in [0.25, 0.3) is 0 Å². The Kier molecular flexibility index (Phi) is 22.2. The molecule has 0 atom stereocenters. The van der Waals surface area contributed by atoms with Crippen LogP contribution in [0.25, 0.3) is 122 Å². The fraction of sp³-hybridized carbons (Fsp3) is 0.0323. The maximum Gasteiger partial charge on any atom is 0.0714 e. The SMILES string of the molecule is Brc1ccc2c(c1)C(c1ccccc1)(c1ccccc1)c1ccccc1-2.C.C.c1ccc(-c2ccc(N(c3ccc(-c4ccccc4-n4c5ccccc5c5ccccc54)cc3)c3ccc4c(c3)C(c3ccccc3)(c3ccccc3)c3ccccc3-4)cc2)cc1.c1ccc(-c2ccc(Nc3ccc(-c4ccccc4-n4c5ccccc5c5ccccc54)cc3)cc2)cc1. The number of halogens is 1. The molecule has 0 fully saturated rings. The summed E-state index contributed by atoms with van der Waals surface area (Å²) in [7, 11) is 0. The van der Waals surface area contributed by atoms with Crippen molar-refractivity contribution in [1.82, 2.24) is 9.13 Å². The monoisotopic (exact) mass is 1720 g/mol. The van der Waals surface area contributed by atoms with E-state index in [1.807, 2.05) is 6.07 Å². The Labute approximate surface area is 764 Å². The zero-order valence-electron chi connectivity index (χ0n) is 69.7. The van der Waals surface area contributed by atoms with Gasteiger partial charge >= 0.3 is 0 Å². The van der Waals surface area contributed by atoms with E-state index in [1.54, 1.807) is 0 Å². The second-order valence-corrected chi connectivity index (χ2v) is 33.6. The van der Waals surface area contributed by atoms with Crippen molar-refractivity contribution in [3.05, 3.63) is 559 Å². The van der Waals surface area contributed by atoms with Gasteiger partial charge in [-0.2, -0.15) is 0 Å². The predicted octanol–water partition coefficient (Wildman–Crippen LogP) is 33.9. The van der Waals surface area contributed by atoms with E-state index in [-0.39, 0.29) is 20.3 Å². The zero-order valence-corrected chi connectivity index (χ0v) is 71.3. The van der Waals surface area contributed by atoms with Crippen molar-refractivity contribution in [1.29, 1.82) is 0 Å². The van der Waals surface area contributed by atoms with Crippen LogP contribution in [-0.2, 0) is 10.8 Å². The molecule has 1 N–H and O–H groups in total. The van der Waals surface area contributed by atoms with Gasteiger partial charge in [0, 0.05) is 65.6 Å². The minimum Gasteiger partial charge on any atom is -0.356 e. The lowest BCUT2D eigenvalue weighted by molar-refractivity contribution is 0.768. The summed E-state index contributed by atoms with van der Waals surface area (Å²) in [4.78, 5) is 2.42. The highest BCUT2D eigenvalue weighted by molar-refractivity contribution is 9.10. The van der Waals surface area contributed by atoms with Crippen molar-refractivity contribution < 1.29 is 0 Å². The van der Waals surface area contributed by atoms with Gasteiger partial charge < -0.3 is 19.4 Å². The molecule has 616 valence electrons. The van der Waals surface area contributed by atoms with Crippen LogP contribution >= 0.6 is 15.9 Å². The molecule has 22 aromatic rings. The van der Waals surface area contributed by atoms with Crippen molar-refractivity contribution in [3.63, 3.8) is 0 Å². The Morgan fingerprint density at radius 1 is 0.202 bits per heavy atom. The topological polar surface area (TPSA) is 25.1 Å². The number of hydrogen-bond acceptors (Lipinski definition) is 2. The van der Waals surface area contributed by atoms with E-state index in [0.29, 0.717) is 0 Å². The van der Waals surface area contributed by atoms with Crippen LogP contribution in [0.1, 0.15) is 59.4 Å². The summed E-state index contributed by atoms with van der Waals surface area (Å²) in [5, 5.41) is 8.61. The van der Waals surface area contributed by atoms with Crippen LogP contribution in [0.5, 0.6) is 0 Å². The first-order chi connectivity index (χ1) is 62.9. The Morgan fingerprint density at radius 3 is 0.845 bits per heavy atom. The molecule has 2 aliphatic carbocycles. The first-order valence-electron chi connectivity index (χ1n) is 43.5. The van der Waals surface area contributed by atoms with Gasteiger partial charge in [0.1, 0.15) is 0 Å². The third kappa shape index (κ3) is 14.5. The Balaban J connectivity index is 0.000000134. The molecular weight excluding hydrogens is 1630 g/mol. The Morgan fingerprint density at radius 2 is 0.465 bits per heavy atom. The maximum absolute atomic E-state index is 3.71. The number of para-hydroxylation sites is 6. The summed E-state index contributed by atoms with van der Waals surface area (Å²) in [5.41, 5.74) is 36.9. The highest BCUT2D eigenvalue weighted by Crippen LogP contribution is 2.59. The molecule has 0 radical (unpaired) electrons. The number of anilines is 5. The number of benzene rings is 20. The van der Waals surface area contributed by atoms with E-state index in [9.17, 15) is 0 Å². The third-order valence-corrected chi connectivity index (χ3v) is 26.2. The zero-order chi connectivity index (χ0) is 84.6. The molecule has 2 heterocycles. The lowest BCUT2D eigenvalue weighted by atomic mass is 9.67. The minimum absolute atomic E-state index is 0. The molecule has 2 aromatic heterocycles. The van der Waals surface area contributed by atoms with Crippen molar-refractivity contribution in [2.24, 2.45) is 0 Å². The van der Waals surface area contributed by atoms with Crippen LogP contribution in [0.4, 0.5) is 28.4 Å². The number of fused-ring (bicyclic) bond motifs is 12. The molecule has 0 saturated carbocycles. The average molecular weight is 1720 g/mol. The Hall–Kier alpha value is -15.9. The van der Waals surface area contributed by atoms with Crippen molar-refractivity contribution in [2.45, 2.75) is 25.7 Å². The molecular formula is C124H93BrN4. The molecule has 0 amide bonds. The second kappa shape index (κ2) is 35.2. The van der Waals surface area contributed by atoms with Gasteiger partial charge in [0.2, 0.25) is 0 Å². The number of rotatable bonds is 15. The van der Waals surface area contributed by atoms with E-state index < -0.39 is 5.41 Å². The van der Waals surface area contributed by atoms with Crippen molar-refractivity contribution in [2.75, 3.05) is 10.2 Å². The quantitative estimate of drug-likeness (QED) is 0.111. The smallest absolute Gasteiger partial charge is 0.0714 e. The fourth-order valence-electron chi connectivity index (χ4n) is 20.1. The molecule has 0 saturated heterocycles. The van der Waals surface area contributed by atoms with E-state index in [4.69, 9.17) is 0 Å². The molecule has 0 unspecified atom stereocenters. The van der Waals surface area contributed by atoms with Gasteiger partial charge in [-0.1, -0.05) is 431 Å². The molecule has 0 bridgehead atoms. The number of nitrogens with zero attached hydrogens (tertiary/aromatic N) is 3. The average Bonchev–Trinajstić information content (AvgIpc) is 1.54. The van der Waals surface area contributed by atoms with Crippen LogP contribution in [0, 0.1) is 0 Å². The standard InChI is InChI=1S/C61H42N2.C36H26N2.C25H17Br.2CH4/c1-4-18-43(19-5-1)44-32-36-48(37-33-44)62(49-38-34-45(35-39-49)51-24-11-15-29-58(51)63-59-30-16-12-26-54(59)55-27-13-17-31-60(55)63)50-40-41-53-52-25-10-14-28-56(52)61(57(53)42-50,46-20-6-2-7-21-46)47-22-8-3-9-23-47;1-2-10-26(11-3-1)27-18-22-29(23-19-27)37-30-24-20-28(21-25-30)31-12-4-7-15-34(31)38-35-16-8-5-13-32(35)33-14-6-9-17-36(33)38;26-20-15-16-22-21-13-7-8-14-23(21)25(24(22)17-20,18-9-3-1-4-10-18)19-11-5-2-6-12-19;;/h1-42H;1-25,37H;1-17H;2*1H4. The minimum atomic E-state index is -0.506. The summed E-state index contributed by atoms with van der Waals surface area (Å²) in [6.07, 6.45) is 0. The van der Waals surface area contributed by atoms with Crippen LogP contribution in [0.3, 0.4) is 0 Å². The lowest BCUT2D eigenvalue weighted by Crippen LogP contribution is -2.28. The van der Waals surface area contributed by atoms with Crippen LogP contribution in [0.15, 0.2) is 514 Å². The van der Waals surface area contributed by atoms with Gasteiger partial charge in [-0.25, -0.2) is 0 Å². The fourth-order valence-corrected chi connectivity index (χ4v) is 20.5. The summed E-state index contributed by atoms with van der Waals surface area (Å²) >= 11 is 3.71. The summed E-state index contributed by atoms with van der Waals surface area (Å²) in [6.45, 7) is 0. The highest BCUT2D eigenvalue weighted by atomic mass is 79.9. The van der Waals surface area contributed by atoms with Gasteiger partial charge in [-0.3, -0.25) is 0 Å². The van der Waals surface area contributed by atoms with Gasteiger partial charge in [-0.15, -0.1) is 0 Å². The predicted molar refractivity (Wildman–Crippen MR) is 550 cm³/mol. The van der Waals surface area contributed by atoms with Crippen LogP contribution < -0.4 is 10.2 Å². The third-order valence-electron chi connectivity index (χ3n) is 25.7. The summed E-state index contributed by atoms with van der Waals surface area (Å²) in [5.74, 6) is 0. The van der Waals surface area contributed by atoms with Gasteiger partial charge in [0.15, 0.2) is 0 Å². The molecule has 0 spiro atoms. The van der Waals surface area contributed by atoms with Crippen molar-refractivity contribution in [3.8, 4) is 78.1 Å². The summed E-state index contributed by atoms with van der Waals surface area (Å²) < 4.78 is 5.92. The summed E-state index contributed by atoms with van der Waals surface area (Å²) in [6, 6.07) is 184. The second-order valence-electron chi connectivity index (χ2n) is 32.7. The normalized spacial score (nSPS) is 12.2. The largest absolute Gasteiger partial charge is 0.356 e. The first-order valence-corrected chi connectivity index (χ1v) is 44.3. The van der Waals surface area contributed by atoms with Crippen molar-refractivity contribution >= 4 is 88.0 Å². The molecule has 0 aliphatic heterocycles. The lowest BCUT2D eigenvalue weighted by Gasteiger charge is -2.35. The molecule has 2 aliphatic rings. The van der Waals surface area contributed by atoms with Crippen LogP contribution in [-0.4, -0.2) is 9.13 Å². The Bertz CT molecular complexity index is 7560. The van der Waals surface area contributed by atoms with E-state index in [2.05, 4.69) is 539 Å². The number of hydrogen-bond donors (Lipinski definition) is 1. The van der Waals surface area contributed by atoms with E-state index in [1.165, 1.54) is 155 Å². The van der Waals surface area contributed by atoms with Gasteiger partial charge in [0.05, 0.1) is 44.3 Å². The van der Waals surface area contributed by atoms with Gasteiger partial charge in [-0.05, 0) is 209 Å². The molecule has 129 heavy (non-hydrogen) atoms. The highest BCUT2D eigenvalue weighted by Gasteiger charge is 2.48. The molecule has 5 heteroatoms. The first kappa shape index (κ1) is 81.4. The molecule has 24 rings (SSSR count). The number of aromatic nitrogens is 2. The van der Waals surface area contributed by atoms with Crippen LogP contribution in [0.2, 0.25) is 0 Å². The maximum atomic E-state index is 3.71.